The Labute approximate surface area is 56.9 Å². The first-order valence-electron chi connectivity index (χ1n) is 2.25. The topological polar surface area (TPSA) is 64.1 Å². The Kier molecular flexibility index (Phi) is 1.35. The second-order valence-electron chi connectivity index (χ2n) is 1.49. The minimum Gasteiger partial charge on any atom is -0.412 e. The van der Waals surface area contributed by atoms with Crippen molar-refractivity contribution >= 4 is 17.2 Å². The molecule has 48 valence electrons. The van der Waals surface area contributed by atoms with Crippen LogP contribution in [0.3, 0.4) is 0 Å². The van der Waals surface area contributed by atoms with Gasteiger partial charge in [0.15, 0.2) is 0 Å². The monoisotopic (exact) mass is 143 g/mol. The van der Waals surface area contributed by atoms with Gasteiger partial charge in [-0.2, -0.15) is 0 Å². The van der Waals surface area contributed by atoms with E-state index in [2.05, 4.69) is 17.3 Å². The number of hydrogen-bond acceptors (Lipinski definition) is 3. The van der Waals surface area contributed by atoms with E-state index in [1.54, 1.807) is 0 Å². The lowest BCUT2D eigenvalue weighted by Gasteiger charge is -1.85. The molecule has 0 aliphatic heterocycles. The molecule has 0 spiro atoms. The standard InChI is InChI=1S/C4H5N3OS/c5-4(9)3-1-2-7(8)6-3/h1-2,8H,(H2,5,9). The third-order valence-corrected chi connectivity index (χ3v) is 1.04. The second kappa shape index (κ2) is 2.02. The van der Waals surface area contributed by atoms with Crippen molar-refractivity contribution in [2.24, 2.45) is 5.73 Å². The largest absolute Gasteiger partial charge is 0.412 e. The van der Waals surface area contributed by atoms with Crippen molar-refractivity contribution in [2.45, 2.75) is 0 Å². The molecular formula is C4H5N3OS. The van der Waals surface area contributed by atoms with Crippen LogP contribution in [-0.4, -0.2) is 20.1 Å². The molecule has 0 aliphatic carbocycles. The van der Waals surface area contributed by atoms with Gasteiger partial charge in [-0.1, -0.05) is 12.2 Å². The molecule has 0 atom stereocenters. The summed E-state index contributed by atoms with van der Waals surface area (Å²) >= 11 is 4.57. The Hall–Kier alpha value is -1.10. The maximum Gasteiger partial charge on any atom is 0.124 e. The van der Waals surface area contributed by atoms with Crippen molar-refractivity contribution in [3.63, 3.8) is 0 Å². The maximum absolute atomic E-state index is 8.59. The van der Waals surface area contributed by atoms with Gasteiger partial charge in [-0.25, -0.2) is 0 Å². The third-order valence-electron chi connectivity index (χ3n) is 0.828. The highest BCUT2D eigenvalue weighted by atomic mass is 32.1. The zero-order chi connectivity index (χ0) is 6.85. The van der Waals surface area contributed by atoms with Gasteiger partial charge < -0.3 is 10.9 Å². The first-order valence-corrected chi connectivity index (χ1v) is 2.65. The average molecular weight is 143 g/mol. The van der Waals surface area contributed by atoms with Crippen molar-refractivity contribution in [3.05, 3.63) is 18.0 Å². The molecule has 0 amide bonds. The zero-order valence-corrected chi connectivity index (χ0v) is 5.30. The number of thiocarbonyl (C=S) groups is 1. The van der Waals surface area contributed by atoms with Crippen LogP contribution < -0.4 is 5.73 Å². The molecule has 0 saturated heterocycles. The Morgan fingerprint density at radius 1 is 1.89 bits per heavy atom. The summed E-state index contributed by atoms with van der Waals surface area (Å²) in [5.74, 6) is 0. The highest BCUT2D eigenvalue weighted by molar-refractivity contribution is 7.80. The Morgan fingerprint density at radius 3 is 2.78 bits per heavy atom. The van der Waals surface area contributed by atoms with Gasteiger partial charge in [0, 0.05) is 0 Å². The number of nitrogens with zero attached hydrogens (tertiary/aromatic N) is 2. The molecule has 1 heterocycles. The highest BCUT2D eigenvalue weighted by Gasteiger charge is 1.97. The van der Waals surface area contributed by atoms with Crippen molar-refractivity contribution in [2.75, 3.05) is 0 Å². The van der Waals surface area contributed by atoms with Crippen LogP contribution in [0.1, 0.15) is 5.69 Å². The number of aromatic nitrogens is 2. The first-order chi connectivity index (χ1) is 4.20. The minimum absolute atomic E-state index is 0.183. The normalized spacial score (nSPS) is 9.33. The highest BCUT2D eigenvalue weighted by Crippen LogP contribution is 1.91. The van der Waals surface area contributed by atoms with Crippen LogP contribution >= 0.6 is 12.2 Å². The quantitative estimate of drug-likeness (QED) is 0.420. The summed E-state index contributed by atoms with van der Waals surface area (Å²) in [5.41, 5.74) is 5.60. The van der Waals surface area contributed by atoms with Gasteiger partial charge in [0.1, 0.15) is 10.7 Å². The van der Waals surface area contributed by atoms with E-state index in [0.717, 1.165) is 0 Å². The predicted molar refractivity (Wildman–Crippen MR) is 35.3 cm³/mol. The maximum atomic E-state index is 8.59. The molecule has 0 aliphatic rings. The van der Waals surface area contributed by atoms with Crippen LogP contribution in [0.15, 0.2) is 12.3 Å². The third kappa shape index (κ3) is 1.17. The molecule has 3 N–H and O–H groups in total. The van der Waals surface area contributed by atoms with Gasteiger partial charge >= 0.3 is 0 Å². The zero-order valence-electron chi connectivity index (χ0n) is 4.48. The summed E-state index contributed by atoms with van der Waals surface area (Å²) in [6, 6.07) is 1.53. The van der Waals surface area contributed by atoms with Gasteiger partial charge in [-0.3, -0.25) is 0 Å². The fraction of sp³-hybridized carbons (Fsp3) is 0. The molecule has 4 nitrogen and oxygen atoms in total. The Morgan fingerprint density at radius 2 is 2.56 bits per heavy atom. The van der Waals surface area contributed by atoms with Gasteiger partial charge in [-0.15, -0.1) is 9.94 Å². The van der Waals surface area contributed by atoms with Gasteiger partial charge in [0.25, 0.3) is 0 Å². The summed E-state index contributed by atoms with van der Waals surface area (Å²) in [5, 5.41) is 12.1. The molecule has 0 radical (unpaired) electrons. The SMILES string of the molecule is NC(=S)c1ccn(O)n1. The van der Waals surface area contributed by atoms with E-state index >= 15 is 0 Å². The smallest absolute Gasteiger partial charge is 0.124 e. The summed E-state index contributed by atoms with van der Waals surface area (Å²) in [4.78, 5) is 0.844. The van der Waals surface area contributed by atoms with Gasteiger partial charge in [-0.05, 0) is 6.07 Å². The van der Waals surface area contributed by atoms with E-state index < -0.39 is 0 Å². The number of hydrogen-bond donors (Lipinski definition) is 2. The summed E-state index contributed by atoms with van der Waals surface area (Å²) in [7, 11) is 0. The van der Waals surface area contributed by atoms with E-state index in [0.29, 0.717) is 10.5 Å². The molecule has 0 aromatic carbocycles. The van der Waals surface area contributed by atoms with Crippen LogP contribution in [-0.2, 0) is 0 Å². The predicted octanol–water partition coefficient (Wildman–Crippen LogP) is -0.245. The molecule has 5 heteroatoms. The lowest BCUT2D eigenvalue weighted by atomic mass is 10.4. The van der Waals surface area contributed by atoms with Gasteiger partial charge in [0.05, 0.1) is 6.20 Å². The summed E-state index contributed by atoms with van der Waals surface area (Å²) in [6.07, 6.45) is 1.36. The lowest BCUT2D eigenvalue weighted by molar-refractivity contribution is 0.148. The molecule has 9 heavy (non-hydrogen) atoms. The summed E-state index contributed by atoms with van der Waals surface area (Å²) in [6.45, 7) is 0. The molecule has 0 fully saturated rings. The van der Waals surface area contributed by atoms with E-state index in [-0.39, 0.29) is 4.99 Å². The van der Waals surface area contributed by atoms with Gasteiger partial charge in [0.2, 0.25) is 0 Å². The van der Waals surface area contributed by atoms with Crippen molar-refractivity contribution < 1.29 is 5.21 Å². The van der Waals surface area contributed by atoms with Crippen LogP contribution in [0.4, 0.5) is 0 Å². The molecular weight excluding hydrogens is 138 g/mol. The molecule has 0 unspecified atom stereocenters. The van der Waals surface area contributed by atoms with Crippen LogP contribution in [0.2, 0.25) is 0 Å². The fourth-order valence-electron chi connectivity index (χ4n) is 0.446. The summed E-state index contributed by atoms with van der Waals surface area (Å²) < 4.78 is 0. The Bertz CT molecular complexity index is 231. The molecule has 0 saturated carbocycles. The molecule has 0 bridgehead atoms. The molecule has 1 aromatic heterocycles. The molecule has 1 aromatic rings. The number of nitrogens with two attached hydrogens (primary N) is 1. The van der Waals surface area contributed by atoms with E-state index in [1.807, 2.05) is 0 Å². The second-order valence-corrected chi connectivity index (χ2v) is 1.93. The molecule has 1 rings (SSSR count). The van der Waals surface area contributed by atoms with Crippen molar-refractivity contribution in [1.82, 2.24) is 9.94 Å². The van der Waals surface area contributed by atoms with Crippen LogP contribution in [0.25, 0.3) is 0 Å². The number of rotatable bonds is 1. The lowest BCUT2D eigenvalue weighted by Crippen LogP contribution is -2.10. The van der Waals surface area contributed by atoms with Crippen LogP contribution in [0, 0.1) is 0 Å². The average Bonchev–Trinajstić information content (AvgIpc) is 2.14. The van der Waals surface area contributed by atoms with Crippen molar-refractivity contribution in [1.29, 1.82) is 0 Å². The minimum atomic E-state index is 0.183. The van der Waals surface area contributed by atoms with E-state index in [4.69, 9.17) is 10.9 Å². The van der Waals surface area contributed by atoms with Crippen molar-refractivity contribution in [3.8, 4) is 0 Å². The van der Waals surface area contributed by atoms with E-state index in [1.165, 1.54) is 12.3 Å². The van der Waals surface area contributed by atoms with E-state index in [9.17, 15) is 0 Å². The van der Waals surface area contributed by atoms with Crippen LogP contribution in [0.5, 0.6) is 0 Å². The Balaban J connectivity index is 2.98. The fourth-order valence-corrected chi connectivity index (χ4v) is 0.555. The first kappa shape index (κ1) is 6.03.